The fourth-order valence-corrected chi connectivity index (χ4v) is 4.04. The smallest absolute Gasteiger partial charge is 0.258 e. The molecule has 2 N–H and O–H groups in total. The van der Waals surface area contributed by atoms with Crippen molar-refractivity contribution >= 4 is 45.0 Å². The number of benzene rings is 2. The number of rotatable bonds is 1. The van der Waals surface area contributed by atoms with Crippen LogP contribution in [-0.4, -0.2) is 18.2 Å². The summed E-state index contributed by atoms with van der Waals surface area (Å²) in [5, 5.41) is 0. The summed E-state index contributed by atoms with van der Waals surface area (Å²) in [6.45, 7) is 2.69. The molecular weight excluding hydrogens is 348 g/mol. The van der Waals surface area contributed by atoms with Gasteiger partial charge in [0.2, 0.25) is 0 Å². The molecule has 0 saturated carbocycles. The van der Waals surface area contributed by atoms with Gasteiger partial charge in [-0.2, -0.15) is 0 Å². The highest BCUT2D eigenvalue weighted by Crippen LogP contribution is 2.37. The van der Waals surface area contributed by atoms with Gasteiger partial charge in [0.1, 0.15) is 0 Å². The molecule has 0 aliphatic carbocycles. The Hall–Kier alpha value is -1.46. The van der Waals surface area contributed by atoms with Gasteiger partial charge in [-0.1, -0.05) is 15.9 Å². The molecule has 108 valence electrons. The van der Waals surface area contributed by atoms with Gasteiger partial charge in [-0.15, -0.1) is 11.8 Å². The number of nitrogens with two attached hydrogens (primary N) is 1. The van der Waals surface area contributed by atoms with Crippen molar-refractivity contribution in [2.45, 2.75) is 11.8 Å². The third kappa shape index (κ3) is 2.94. The molecule has 0 spiro atoms. The molecule has 3 rings (SSSR count). The summed E-state index contributed by atoms with van der Waals surface area (Å²) in [4.78, 5) is 15.8. The number of aryl methyl sites for hydroxylation is 1. The summed E-state index contributed by atoms with van der Waals surface area (Å²) in [7, 11) is 0. The Morgan fingerprint density at radius 2 is 2.10 bits per heavy atom. The van der Waals surface area contributed by atoms with Crippen molar-refractivity contribution in [3.05, 3.63) is 52.0 Å². The number of amides is 1. The molecule has 2 aromatic rings. The lowest BCUT2D eigenvalue weighted by Gasteiger charge is -2.29. The number of halogens is 1. The zero-order valence-corrected chi connectivity index (χ0v) is 14.0. The molecule has 1 amide bonds. The molecule has 0 bridgehead atoms. The molecule has 1 aliphatic rings. The Labute approximate surface area is 136 Å². The molecule has 1 aliphatic heterocycles. The second kappa shape index (κ2) is 5.73. The molecule has 0 atom stereocenters. The zero-order valence-electron chi connectivity index (χ0n) is 11.6. The first-order valence-electron chi connectivity index (χ1n) is 6.66. The van der Waals surface area contributed by atoms with Crippen LogP contribution in [0.15, 0.2) is 45.8 Å². The van der Waals surface area contributed by atoms with Crippen molar-refractivity contribution in [1.29, 1.82) is 0 Å². The molecule has 5 heteroatoms. The third-order valence-corrected chi connectivity index (χ3v) is 4.88. The van der Waals surface area contributed by atoms with Crippen LogP contribution in [0.25, 0.3) is 0 Å². The monoisotopic (exact) mass is 362 g/mol. The van der Waals surface area contributed by atoms with Gasteiger partial charge in [0, 0.05) is 32.9 Å². The lowest BCUT2D eigenvalue weighted by molar-refractivity contribution is 0.0987. The highest BCUT2D eigenvalue weighted by molar-refractivity contribution is 9.10. The molecular formula is C16H15BrN2OS. The maximum absolute atomic E-state index is 12.8. The molecule has 3 nitrogen and oxygen atoms in total. The van der Waals surface area contributed by atoms with E-state index >= 15 is 0 Å². The zero-order chi connectivity index (χ0) is 15.0. The summed E-state index contributed by atoms with van der Waals surface area (Å²) < 4.78 is 0.921. The summed E-state index contributed by atoms with van der Waals surface area (Å²) in [5.41, 5.74) is 9.23. The van der Waals surface area contributed by atoms with Crippen molar-refractivity contribution in [2.24, 2.45) is 0 Å². The average Bonchev–Trinajstić information content (AvgIpc) is 2.44. The maximum Gasteiger partial charge on any atom is 0.258 e. The first-order chi connectivity index (χ1) is 10.0. The van der Waals surface area contributed by atoms with Crippen molar-refractivity contribution in [3.8, 4) is 0 Å². The molecule has 21 heavy (non-hydrogen) atoms. The molecule has 0 fully saturated rings. The topological polar surface area (TPSA) is 46.3 Å². The second-order valence-electron chi connectivity index (χ2n) is 5.05. The SMILES string of the molecule is Cc1cc(Br)cc(C(=O)N2CCSc3ccc(N)cc32)c1. The molecule has 0 saturated heterocycles. The van der Waals surface area contributed by atoms with E-state index in [1.54, 1.807) is 11.8 Å². The van der Waals surface area contributed by atoms with Gasteiger partial charge in [0.15, 0.2) is 0 Å². The van der Waals surface area contributed by atoms with Gasteiger partial charge in [0.25, 0.3) is 5.91 Å². The van der Waals surface area contributed by atoms with Gasteiger partial charge in [-0.25, -0.2) is 0 Å². The van der Waals surface area contributed by atoms with Crippen molar-refractivity contribution in [2.75, 3.05) is 22.9 Å². The number of hydrogen-bond donors (Lipinski definition) is 1. The predicted octanol–water partition coefficient (Wildman–Crippen LogP) is 4.09. The minimum absolute atomic E-state index is 0.0200. The quantitative estimate of drug-likeness (QED) is 0.777. The van der Waals surface area contributed by atoms with Crippen LogP contribution in [0.2, 0.25) is 0 Å². The molecule has 1 heterocycles. The Morgan fingerprint density at radius 3 is 2.86 bits per heavy atom. The summed E-state index contributed by atoms with van der Waals surface area (Å²) in [6.07, 6.45) is 0. The van der Waals surface area contributed by atoms with Gasteiger partial charge >= 0.3 is 0 Å². The van der Waals surface area contributed by atoms with Gasteiger partial charge < -0.3 is 10.6 Å². The highest BCUT2D eigenvalue weighted by Gasteiger charge is 2.24. The number of thioether (sulfide) groups is 1. The standard InChI is InChI=1S/C16H15BrN2OS/c1-10-6-11(8-12(17)7-10)16(20)19-4-5-21-15-3-2-13(18)9-14(15)19/h2-3,6-9H,4-5,18H2,1H3. The largest absolute Gasteiger partial charge is 0.399 e. The summed E-state index contributed by atoms with van der Waals surface area (Å²) in [5.74, 6) is 0.918. The van der Waals surface area contributed by atoms with Gasteiger partial charge in [-0.05, 0) is 48.9 Å². The van der Waals surface area contributed by atoms with Crippen LogP contribution >= 0.6 is 27.7 Å². The lowest BCUT2D eigenvalue weighted by Crippen LogP contribution is -2.35. The summed E-state index contributed by atoms with van der Waals surface area (Å²) in [6, 6.07) is 11.5. The van der Waals surface area contributed by atoms with E-state index in [1.807, 2.05) is 48.2 Å². The third-order valence-electron chi connectivity index (χ3n) is 3.38. The molecule has 0 aromatic heterocycles. The van der Waals surface area contributed by atoms with Crippen LogP contribution in [0.3, 0.4) is 0 Å². The molecule has 0 radical (unpaired) electrons. The fourth-order valence-electron chi connectivity index (χ4n) is 2.46. The Balaban J connectivity index is 2.01. The van der Waals surface area contributed by atoms with Gasteiger partial charge in [0.05, 0.1) is 5.69 Å². The number of carbonyl (C=O) groups is 1. The van der Waals surface area contributed by atoms with Crippen LogP contribution in [0.1, 0.15) is 15.9 Å². The van der Waals surface area contributed by atoms with E-state index in [0.717, 1.165) is 26.4 Å². The minimum atomic E-state index is 0.0200. The second-order valence-corrected chi connectivity index (χ2v) is 7.10. The Kier molecular flexibility index (Phi) is 3.95. The van der Waals surface area contributed by atoms with E-state index in [0.29, 0.717) is 17.8 Å². The van der Waals surface area contributed by atoms with Crippen molar-refractivity contribution in [1.82, 2.24) is 0 Å². The van der Waals surface area contributed by atoms with E-state index in [1.165, 1.54) is 0 Å². The number of hydrogen-bond acceptors (Lipinski definition) is 3. The van der Waals surface area contributed by atoms with Crippen molar-refractivity contribution in [3.63, 3.8) is 0 Å². The predicted molar refractivity (Wildman–Crippen MR) is 92.1 cm³/mol. The number of nitrogen functional groups attached to an aromatic ring is 1. The van der Waals surface area contributed by atoms with Crippen LogP contribution in [0.4, 0.5) is 11.4 Å². The summed E-state index contributed by atoms with van der Waals surface area (Å²) >= 11 is 5.22. The Morgan fingerprint density at radius 1 is 1.29 bits per heavy atom. The average molecular weight is 363 g/mol. The number of carbonyl (C=O) groups excluding carboxylic acids is 1. The maximum atomic E-state index is 12.8. The van der Waals surface area contributed by atoms with E-state index in [2.05, 4.69) is 15.9 Å². The van der Waals surface area contributed by atoms with Crippen LogP contribution < -0.4 is 10.6 Å². The van der Waals surface area contributed by atoms with Gasteiger partial charge in [-0.3, -0.25) is 4.79 Å². The number of nitrogens with zero attached hydrogens (tertiary/aromatic N) is 1. The van der Waals surface area contributed by atoms with Crippen LogP contribution in [0, 0.1) is 6.92 Å². The van der Waals surface area contributed by atoms with E-state index in [4.69, 9.17) is 5.73 Å². The first kappa shape index (κ1) is 14.5. The minimum Gasteiger partial charge on any atom is -0.399 e. The van der Waals surface area contributed by atoms with Crippen molar-refractivity contribution < 1.29 is 4.79 Å². The Bertz CT molecular complexity index is 697. The van der Waals surface area contributed by atoms with Crippen LogP contribution in [-0.2, 0) is 0 Å². The molecule has 0 unspecified atom stereocenters. The number of anilines is 2. The first-order valence-corrected chi connectivity index (χ1v) is 8.44. The van der Waals surface area contributed by atoms with E-state index < -0.39 is 0 Å². The van der Waals surface area contributed by atoms with E-state index in [-0.39, 0.29) is 5.91 Å². The fraction of sp³-hybridized carbons (Fsp3) is 0.188. The van der Waals surface area contributed by atoms with E-state index in [9.17, 15) is 4.79 Å². The normalized spacial score (nSPS) is 13.9. The van der Waals surface area contributed by atoms with Crippen LogP contribution in [0.5, 0.6) is 0 Å². The number of fused-ring (bicyclic) bond motifs is 1. The highest BCUT2D eigenvalue weighted by atomic mass is 79.9. The molecule has 2 aromatic carbocycles. The lowest BCUT2D eigenvalue weighted by atomic mass is 10.1.